The summed E-state index contributed by atoms with van der Waals surface area (Å²) in [5, 5.41) is 0. The van der Waals surface area contributed by atoms with Crippen molar-refractivity contribution in [2.24, 2.45) is 5.73 Å². The van der Waals surface area contributed by atoms with Gasteiger partial charge >= 0.3 is 0 Å². The fourth-order valence-electron chi connectivity index (χ4n) is 2.58. The van der Waals surface area contributed by atoms with Crippen LogP contribution in [0.25, 0.3) is 0 Å². The number of ether oxygens (including phenoxy) is 2. The van der Waals surface area contributed by atoms with Crippen LogP contribution in [0.15, 0.2) is 12.1 Å². The van der Waals surface area contributed by atoms with E-state index in [4.69, 9.17) is 15.2 Å². The van der Waals surface area contributed by atoms with Gasteiger partial charge in [0.05, 0.1) is 13.7 Å². The molecule has 0 saturated heterocycles. The van der Waals surface area contributed by atoms with E-state index in [0.29, 0.717) is 5.92 Å². The highest BCUT2D eigenvalue weighted by atomic mass is 16.5. The van der Waals surface area contributed by atoms with E-state index in [1.165, 1.54) is 5.56 Å². The number of hydrogen-bond donors (Lipinski definition) is 1. The van der Waals surface area contributed by atoms with Crippen LogP contribution in [0.5, 0.6) is 11.5 Å². The van der Waals surface area contributed by atoms with Gasteiger partial charge in [-0.1, -0.05) is 6.07 Å². The second-order valence-corrected chi connectivity index (χ2v) is 4.86. The molecule has 3 heteroatoms. The van der Waals surface area contributed by atoms with Gasteiger partial charge in [-0.25, -0.2) is 0 Å². The maximum Gasteiger partial charge on any atom is 0.129 e. The van der Waals surface area contributed by atoms with E-state index in [1.54, 1.807) is 7.11 Å². The van der Waals surface area contributed by atoms with Crippen LogP contribution in [0.2, 0.25) is 0 Å². The van der Waals surface area contributed by atoms with E-state index in [9.17, 15) is 0 Å². The number of hydrogen-bond acceptors (Lipinski definition) is 3. The Morgan fingerprint density at radius 2 is 2.29 bits per heavy atom. The van der Waals surface area contributed by atoms with Crippen LogP contribution in [0.3, 0.4) is 0 Å². The summed E-state index contributed by atoms with van der Waals surface area (Å²) in [5.74, 6) is 2.41. The minimum Gasteiger partial charge on any atom is -0.496 e. The summed E-state index contributed by atoms with van der Waals surface area (Å²) in [6.45, 7) is 4.88. The third kappa shape index (κ3) is 2.39. The minimum absolute atomic E-state index is 0.230. The third-order valence-electron chi connectivity index (χ3n) is 3.42. The van der Waals surface area contributed by atoms with Gasteiger partial charge < -0.3 is 15.2 Å². The van der Waals surface area contributed by atoms with Crippen molar-refractivity contribution >= 4 is 0 Å². The highest BCUT2D eigenvalue weighted by molar-refractivity contribution is 5.51. The van der Waals surface area contributed by atoms with Crippen molar-refractivity contribution in [3.63, 3.8) is 0 Å². The molecule has 2 N–H and O–H groups in total. The van der Waals surface area contributed by atoms with Crippen LogP contribution in [0.1, 0.15) is 36.8 Å². The molecule has 1 aliphatic heterocycles. The molecule has 1 aromatic rings. The molecule has 3 nitrogen and oxygen atoms in total. The Kier molecular flexibility index (Phi) is 3.57. The molecule has 17 heavy (non-hydrogen) atoms. The monoisotopic (exact) mass is 235 g/mol. The van der Waals surface area contributed by atoms with Crippen molar-refractivity contribution < 1.29 is 9.47 Å². The lowest BCUT2D eigenvalue weighted by molar-refractivity contribution is 0.256. The van der Waals surface area contributed by atoms with Gasteiger partial charge in [-0.2, -0.15) is 0 Å². The molecule has 0 aliphatic carbocycles. The Morgan fingerprint density at radius 1 is 1.53 bits per heavy atom. The average Bonchev–Trinajstić information content (AvgIpc) is 2.30. The summed E-state index contributed by atoms with van der Waals surface area (Å²) in [6.07, 6.45) is 2.07. The Morgan fingerprint density at radius 3 is 2.94 bits per heavy atom. The maximum atomic E-state index is 5.91. The molecule has 0 spiro atoms. The first-order valence-electron chi connectivity index (χ1n) is 6.19. The number of benzene rings is 1. The lowest BCUT2D eigenvalue weighted by atomic mass is 9.87. The van der Waals surface area contributed by atoms with E-state index in [2.05, 4.69) is 13.0 Å². The van der Waals surface area contributed by atoms with Crippen molar-refractivity contribution in [2.45, 2.75) is 38.6 Å². The first-order chi connectivity index (χ1) is 8.13. The Bertz CT molecular complexity index is 401. The van der Waals surface area contributed by atoms with Crippen molar-refractivity contribution in [1.29, 1.82) is 0 Å². The third-order valence-corrected chi connectivity index (χ3v) is 3.42. The zero-order valence-electron chi connectivity index (χ0n) is 10.8. The van der Waals surface area contributed by atoms with Gasteiger partial charge in [0.25, 0.3) is 0 Å². The van der Waals surface area contributed by atoms with E-state index in [1.807, 2.05) is 13.0 Å². The molecule has 1 aliphatic rings. The molecule has 94 valence electrons. The zero-order chi connectivity index (χ0) is 12.4. The summed E-state index contributed by atoms with van der Waals surface area (Å²) in [5.41, 5.74) is 8.29. The molecule has 0 saturated carbocycles. The fraction of sp³-hybridized carbons (Fsp3) is 0.571. The lowest BCUT2D eigenvalue weighted by Gasteiger charge is -2.28. The highest BCUT2D eigenvalue weighted by Crippen LogP contribution is 2.41. The van der Waals surface area contributed by atoms with Gasteiger partial charge in [-0.15, -0.1) is 0 Å². The van der Waals surface area contributed by atoms with Crippen molar-refractivity contribution in [2.75, 3.05) is 13.7 Å². The van der Waals surface area contributed by atoms with Gasteiger partial charge in [0.1, 0.15) is 11.5 Å². The molecule has 0 bridgehead atoms. The molecule has 0 radical (unpaired) electrons. The van der Waals surface area contributed by atoms with Gasteiger partial charge in [0.2, 0.25) is 0 Å². The normalized spacial score (nSPS) is 20.4. The zero-order valence-corrected chi connectivity index (χ0v) is 10.8. The van der Waals surface area contributed by atoms with E-state index in [-0.39, 0.29) is 6.04 Å². The van der Waals surface area contributed by atoms with Crippen LogP contribution in [-0.2, 0) is 0 Å². The predicted octanol–water partition coefficient (Wildman–Crippen LogP) is 2.61. The Hall–Kier alpha value is -1.22. The first kappa shape index (κ1) is 12.2. The van der Waals surface area contributed by atoms with Crippen molar-refractivity contribution in [3.05, 3.63) is 23.3 Å². The van der Waals surface area contributed by atoms with Gasteiger partial charge in [-0.05, 0) is 44.2 Å². The molecule has 0 aromatic heterocycles. The molecule has 1 aromatic carbocycles. The molecule has 2 rings (SSSR count). The Labute approximate surface area is 103 Å². The smallest absolute Gasteiger partial charge is 0.129 e. The molecule has 0 fully saturated rings. The highest BCUT2D eigenvalue weighted by Gasteiger charge is 2.24. The van der Waals surface area contributed by atoms with E-state index >= 15 is 0 Å². The predicted molar refractivity (Wildman–Crippen MR) is 68.9 cm³/mol. The molecular weight excluding hydrogens is 214 g/mol. The van der Waals surface area contributed by atoms with E-state index < -0.39 is 0 Å². The van der Waals surface area contributed by atoms with Crippen molar-refractivity contribution in [1.82, 2.24) is 0 Å². The second kappa shape index (κ2) is 4.96. The number of rotatable bonds is 3. The largest absolute Gasteiger partial charge is 0.496 e. The average molecular weight is 235 g/mol. The van der Waals surface area contributed by atoms with Gasteiger partial charge in [-0.3, -0.25) is 0 Å². The van der Waals surface area contributed by atoms with Crippen LogP contribution in [0, 0.1) is 6.92 Å². The quantitative estimate of drug-likeness (QED) is 0.875. The van der Waals surface area contributed by atoms with Crippen LogP contribution in [0.4, 0.5) is 0 Å². The first-order valence-corrected chi connectivity index (χ1v) is 6.19. The molecule has 2 unspecified atom stereocenters. The van der Waals surface area contributed by atoms with Gasteiger partial charge in [0.15, 0.2) is 0 Å². The molecule has 1 heterocycles. The van der Waals surface area contributed by atoms with Crippen LogP contribution >= 0.6 is 0 Å². The molecule has 0 amide bonds. The fourth-order valence-corrected chi connectivity index (χ4v) is 2.58. The summed E-state index contributed by atoms with van der Waals surface area (Å²) >= 11 is 0. The SMILES string of the molecule is COc1ccc2c(c1C)OCCC2CC(C)N. The number of nitrogens with two attached hydrogens (primary N) is 1. The number of methoxy groups -OCH3 is 1. The van der Waals surface area contributed by atoms with E-state index in [0.717, 1.165) is 36.5 Å². The van der Waals surface area contributed by atoms with Crippen molar-refractivity contribution in [3.8, 4) is 11.5 Å². The van der Waals surface area contributed by atoms with Gasteiger partial charge in [0, 0.05) is 11.6 Å². The topological polar surface area (TPSA) is 44.5 Å². The summed E-state index contributed by atoms with van der Waals surface area (Å²) in [7, 11) is 1.69. The molecular formula is C14H21NO2. The Balaban J connectivity index is 2.36. The standard InChI is InChI=1S/C14H21NO2/c1-9(15)8-11-6-7-17-14-10(2)13(16-3)5-4-12(11)14/h4-5,9,11H,6-8,15H2,1-3H3. The summed E-state index contributed by atoms with van der Waals surface area (Å²) < 4.78 is 11.1. The maximum absolute atomic E-state index is 5.91. The second-order valence-electron chi connectivity index (χ2n) is 4.86. The lowest BCUT2D eigenvalue weighted by Crippen LogP contribution is -2.23. The summed E-state index contributed by atoms with van der Waals surface area (Å²) in [6, 6.07) is 4.37. The number of fused-ring (bicyclic) bond motifs is 1. The summed E-state index contributed by atoms with van der Waals surface area (Å²) in [4.78, 5) is 0. The van der Waals surface area contributed by atoms with Crippen LogP contribution in [-0.4, -0.2) is 19.8 Å². The minimum atomic E-state index is 0.230. The van der Waals surface area contributed by atoms with Crippen LogP contribution < -0.4 is 15.2 Å². The molecule has 2 atom stereocenters.